The number of nitrogens with zero attached hydrogens (tertiary/aromatic N) is 2. The van der Waals surface area contributed by atoms with E-state index in [1.54, 1.807) is 17.7 Å². The SMILES string of the molecule is Cc1cc(F)ccc1NC(=O)Cc1c(C)nn(C)c1C. The van der Waals surface area contributed by atoms with Crippen molar-refractivity contribution in [1.82, 2.24) is 9.78 Å². The van der Waals surface area contributed by atoms with E-state index in [2.05, 4.69) is 10.4 Å². The third kappa shape index (κ3) is 2.87. The number of benzene rings is 1. The average Bonchev–Trinajstić information content (AvgIpc) is 2.60. The van der Waals surface area contributed by atoms with Crippen LogP contribution in [0, 0.1) is 26.6 Å². The van der Waals surface area contributed by atoms with E-state index in [0.29, 0.717) is 11.3 Å². The lowest BCUT2D eigenvalue weighted by atomic mass is 10.1. The fourth-order valence-corrected chi connectivity index (χ4v) is 2.20. The molecule has 0 fully saturated rings. The minimum atomic E-state index is -0.306. The van der Waals surface area contributed by atoms with E-state index in [4.69, 9.17) is 0 Å². The Labute approximate surface area is 117 Å². The molecule has 0 saturated heterocycles. The van der Waals surface area contributed by atoms with Crippen LogP contribution in [0.25, 0.3) is 0 Å². The molecule has 1 aromatic carbocycles. The van der Waals surface area contributed by atoms with Gasteiger partial charge in [0, 0.05) is 24.0 Å². The summed E-state index contributed by atoms with van der Waals surface area (Å²) < 4.78 is 14.8. The van der Waals surface area contributed by atoms with E-state index in [-0.39, 0.29) is 18.1 Å². The molecule has 0 saturated carbocycles. The van der Waals surface area contributed by atoms with Crippen LogP contribution in [0.3, 0.4) is 0 Å². The molecule has 0 aliphatic rings. The first-order valence-electron chi connectivity index (χ1n) is 6.43. The molecule has 1 aromatic heterocycles. The van der Waals surface area contributed by atoms with E-state index < -0.39 is 0 Å². The summed E-state index contributed by atoms with van der Waals surface area (Å²) in [5.74, 6) is -0.432. The summed E-state index contributed by atoms with van der Waals surface area (Å²) >= 11 is 0. The number of hydrogen-bond donors (Lipinski definition) is 1. The van der Waals surface area contributed by atoms with Gasteiger partial charge in [0.2, 0.25) is 5.91 Å². The van der Waals surface area contributed by atoms with Gasteiger partial charge in [0.15, 0.2) is 0 Å². The Bertz CT molecular complexity index is 661. The molecule has 0 spiro atoms. The maximum Gasteiger partial charge on any atom is 0.228 e. The van der Waals surface area contributed by atoms with Crippen LogP contribution in [0.4, 0.5) is 10.1 Å². The van der Waals surface area contributed by atoms with Crippen LogP contribution >= 0.6 is 0 Å². The van der Waals surface area contributed by atoms with Crippen molar-refractivity contribution < 1.29 is 9.18 Å². The van der Waals surface area contributed by atoms with Crippen molar-refractivity contribution in [1.29, 1.82) is 0 Å². The molecule has 2 aromatic rings. The largest absolute Gasteiger partial charge is 0.326 e. The zero-order valence-electron chi connectivity index (χ0n) is 12.1. The number of hydrogen-bond acceptors (Lipinski definition) is 2. The highest BCUT2D eigenvalue weighted by atomic mass is 19.1. The van der Waals surface area contributed by atoms with Gasteiger partial charge >= 0.3 is 0 Å². The number of anilines is 1. The van der Waals surface area contributed by atoms with E-state index in [9.17, 15) is 9.18 Å². The van der Waals surface area contributed by atoms with E-state index in [0.717, 1.165) is 17.0 Å². The molecule has 0 bridgehead atoms. The summed E-state index contributed by atoms with van der Waals surface area (Å²) in [6.45, 7) is 5.59. The number of carbonyl (C=O) groups excluding carboxylic acids is 1. The molecule has 0 aliphatic heterocycles. The molecular formula is C15H18FN3O. The lowest BCUT2D eigenvalue weighted by Gasteiger charge is -2.08. The van der Waals surface area contributed by atoms with Crippen molar-refractivity contribution in [2.24, 2.45) is 7.05 Å². The zero-order valence-corrected chi connectivity index (χ0v) is 12.1. The van der Waals surface area contributed by atoms with Crippen LogP contribution in [0.5, 0.6) is 0 Å². The second-order valence-electron chi connectivity index (χ2n) is 4.96. The molecule has 1 heterocycles. The number of aromatic nitrogens is 2. The summed E-state index contributed by atoms with van der Waals surface area (Å²) in [6.07, 6.45) is 0.266. The quantitative estimate of drug-likeness (QED) is 0.936. The third-order valence-electron chi connectivity index (χ3n) is 3.46. The molecule has 1 amide bonds. The van der Waals surface area contributed by atoms with Crippen molar-refractivity contribution >= 4 is 11.6 Å². The molecule has 106 valence electrons. The van der Waals surface area contributed by atoms with Gasteiger partial charge in [0.1, 0.15) is 5.82 Å². The summed E-state index contributed by atoms with van der Waals surface area (Å²) in [7, 11) is 1.86. The minimum Gasteiger partial charge on any atom is -0.326 e. The molecule has 5 heteroatoms. The predicted molar refractivity (Wildman–Crippen MR) is 76.2 cm³/mol. The first-order valence-corrected chi connectivity index (χ1v) is 6.43. The van der Waals surface area contributed by atoms with Gasteiger partial charge in [-0.05, 0) is 44.5 Å². The third-order valence-corrected chi connectivity index (χ3v) is 3.46. The Kier molecular flexibility index (Phi) is 3.88. The summed E-state index contributed by atoms with van der Waals surface area (Å²) in [5.41, 5.74) is 4.11. The van der Waals surface area contributed by atoms with Crippen LogP contribution in [0.15, 0.2) is 18.2 Å². The highest BCUT2D eigenvalue weighted by Gasteiger charge is 2.14. The number of aryl methyl sites for hydroxylation is 3. The maximum absolute atomic E-state index is 13.0. The maximum atomic E-state index is 13.0. The highest BCUT2D eigenvalue weighted by molar-refractivity contribution is 5.93. The Morgan fingerprint density at radius 1 is 1.35 bits per heavy atom. The molecule has 1 N–H and O–H groups in total. The molecule has 2 rings (SSSR count). The molecule has 0 unspecified atom stereocenters. The Balaban J connectivity index is 2.13. The van der Waals surface area contributed by atoms with Gasteiger partial charge in [-0.2, -0.15) is 5.10 Å². The van der Waals surface area contributed by atoms with Crippen molar-refractivity contribution in [3.63, 3.8) is 0 Å². The summed E-state index contributed by atoms with van der Waals surface area (Å²) in [5, 5.41) is 7.09. The van der Waals surface area contributed by atoms with Crippen molar-refractivity contribution in [2.45, 2.75) is 27.2 Å². The topological polar surface area (TPSA) is 46.9 Å². The van der Waals surface area contributed by atoms with Gasteiger partial charge in [-0.15, -0.1) is 0 Å². The minimum absolute atomic E-state index is 0.126. The Hall–Kier alpha value is -2.17. The molecule has 4 nitrogen and oxygen atoms in total. The second kappa shape index (κ2) is 5.45. The van der Waals surface area contributed by atoms with Crippen LogP contribution < -0.4 is 5.32 Å². The number of nitrogens with one attached hydrogen (secondary N) is 1. The van der Waals surface area contributed by atoms with Gasteiger partial charge in [0.25, 0.3) is 0 Å². The lowest BCUT2D eigenvalue weighted by Crippen LogP contribution is -2.16. The van der Waals surface area contributed by atoms with E-state index in [1.807, 2.05) is 20.9 Å². The lowest BCUT2D eigenvalue weighted by molar-refractivity contribution is -0.115. The highest BCUT2D eigenvalue weighted by Crippen LogP contribution is 2.17. The monoisotopic (exact) mass is 275 g/mol. The number of halogens is 1. The van der Waals surface area contributed by atoms with Gasteiger partial charge in [0.05, 0.1) is 12.1 Å². The second-order valence-corrected chi connectivity index (χ2v) is 4.96. The van der Waals surface area contributed by atoms with Gasteiger partial charge in [-0.3, -0.25) is 9.48 Å². The zero-order chi connectivity index (χ0) is 14.9. The fourth-order valence-electron chi connectivity index (χ4n) is 2.20. The van der Waals surface area contributed by atoms with Crippen LogP contribution in [-0.2, 0) is 18.3 Å². The summed E-state index contributed by atoms with van der Waals surface area (Å²) in [4.78, 5) is 12.1. The molecule has 0 aliphatic carbocycles. The number of carbonyl (C=O) groups is 1. The van der Waals surface area contributed by atoms with Crippen LogP contribution in [0.2, 0.25) is 0 Å². The fraction of sp³-hybridized carbons (Fsp3) is 0.333. The van der Waals surface area contributed by atoms with Crippen LogP contribution in [0.1, 0.15) is 22.5 Å². The first kappa shape index (κ1) is 14.2. The van der Waals surface area contributed by atoms with Crippen molar-refractivity contribution in [3.05, 3.63) is 46.5 Å². The molecule has 0 radical (unpaired) electrons. The molecular weight excluding hydrogens is 257 g/mol. The van der Waals surface area contributed by atoms with Crippen LogP contribution in [-0.4, -0.2) is 15.7 Å². The molecule has 20 heavy (non-hydrogen) atoms. The smallest absolute Gasteiger partial charge is 0.228 e. The van der Waals surface area contributed by atoms with E-state index in [1.165, 1.54) is 12.1 Å². The normalized spacial score (nSPS) is 10.7. The van der Waals surface area contributed by atoms with Gasteiger partial charge in [-0.1, -0.05) is 0 Å². The standard InChI is InChI=1S/C15H18FN3O/c1-9-7-12(16)5-6-14(9)17-15(20)8-13-10(2)18-19(4)11(13)3/h5-7H,8H2,1-4H3,(H,17,20). The van der Waals surface area contributed by atoms with Crippen molar-refractivity contribution in [2.75, 3.05) is 5.32 Å². The van der Waals surface area contributed by atoms with Gasteiger partial charge < -0.3 is 5.32 Å². The predicted octanol–water partition coefficient (Wildman–Crippen LogP) is 2.67. The Morgan fingerprint density at radius 3 is 2.60 bits per heavy atom. The molecule has 0 atom stereocenters. The van der Waals surface area contributed by atoms with Crippen molar-refractivity contribution in [3.8, 4) is 0 Å². The number of amides is 1. The number of rotatable bonds is 3. The van der Waals surface area contributed by atoms with E-state index >= 15 is 0 Å². The van der Waals surface area contributed by atoms with Gasteiger partial charge in [-0.25, -0.2) is 4.39 Å². The average molecular weight is 275 g/mol. The Morgan fingerprint density at radius 2 is 2.05 bits per heavy atom. The first-order chi connectivity index (χ1) is 9.38. The summed E-state index contributed by atoms with van der Waals surface area (Å²) in [6, 6.07) is 4.31.